The average Bonchev–Trinajstić information content (AvgIpc) is 3.20. The molecule has 6 nitrogen and oxygen atoms in total. The van der Waals surface area contributed by atoms with Gasteiger partial charge in [0.1, 0.15) is 18.4 Å². The molecular formula is C19H20N4O2. The van der Waals surface area contributed by atoms with Gasteiger partial charge < -0.3 is 9.64 Å². The number of hydrogen-bond donors (Lipinski definition) is 0. The summed E-state index contributed by atoms with van der Waals surface area (Å²) in [7, 11) is 1.78. The lowest BCUT2D eigenvalue weighted by molar-refractivity contribution is -0.134. The molecule has 0 N–H and O–H groups in total. The predicted octanol–water partition coefficient (Wildman–Crippen LogP) is 2.87. The summed E-state index contributed by atoms with van der Waals surface area (Å²) < 4.78 is 7.22. The first kappa shape index (κ1) is 16.7. The second kappa shape index (κ2) is 7.61. The number of amides is 1. The molecule has 3 aromatic rings. The van der Waals surface area contributed by atoms with E-state index in [-0.39, 0.29) is 18.6 Å². The summed E-state index contributed by atoms with van der Waals surface area (Å²) in [6.07, 6.45) is 3.14. The van der Waals surface area contributed by atoms with E-state index in [2.05, 4.69) is 10.1 Å². The number of aromatic nitrogens is 3. The van der Waals surface area contributed by atoms with E-state index < -0.39 is 0 Å². The molecule has 128 valence electrons. The smallest absolute Gasteiger partial charge is 0.260 e. The second-order valence-corrected chi connectivity index (χ2v) is 5.71. The van der Waals surface area contributed by atoms with Crippen LogP contribution in [-0.4, -0.2) is 39.2 Å². The van der Waals surface area contributed by atoms with Crippen LogP contribution in [0, 0.1) is 0 Å². The highest BCUT2D eigenvalue weighted by molar-refractivity contribution is 5.78. The van der Waals surface area contributed by atoms with E-state index in [0.717, 1.165) is 11.3 Å². The Morgan fingerprint density at radius 1 is 1.16 bits per heavy atom. The van der Waals surface area contributed by atoms with E-state index in [1.54, 1.807) is 23.0 Å². The molecule has 1 atom stereocenters. The number of benzene rings is 2. The molecule has 0 saturated carbocycles. The zero-order valence-corrected chi connectivity index (χ0v) is 14.2. The second-order valence-electron chi connectivity index (χ2n) is 5.71. The van der Waals surface area contributed by atoms with Gasteiger partial charge in [-0.25, -0.2) is 9.67 Å². The van der Waals surface area contributed by atoms with Crippen LogP contribution >= 0.6 is 0 Å². The van der Waals surface area contributed by atoms with Gasteiger partial charge in [0, 0.05) is 7.05 Å². The predicted molar refractivity (Wildman–Crippen MR) is 94.5 cm³/mol. The van der Waals surface area contributed by atoms with E-state index in [9.17, 15) is 4.79 Å². The maximum atomic E-state index is 12.4. The molecule has 0 saturated heterocycles. The molecule has 0 radical (unpaired) electrons. The van der Waals surface area contributed by atoms with Crippen LogP contribution < -0.4 is 4.74 Å². The van der Waals surface area contributed by atoms with Crippen LogP contribution in [0.15, 0.2) is 67.3 Å². The minimum Gasteiger partial charge on any atom is -0.484 e. The van der Waals surface area contributed by atoms with Gasteiger partial charge in [-0.05, 0) is 36.8 Å². The fourth-order valence-electron chi connectivity index (χ4n) is 2.45. The Morgan fingerprint density at radius 3 is 2.52 bits per heavy atom. The highest BCUT2D eigenvalue weighted by atomic mass is 16.5. The van der Waals surface area contributed by atoms with Crippen LogP contribution in [0.4, 0.5) is 0 Å². The molecule has 2 aromatic carbocycles. The average molecular weight is 336 g/mol. The zero-order chi connectivity index (χ0) is 17.6. The standard InChI is InChI=1S/C19H20N4O2/c1-15(16-8-10-17(11-9-16)23-14-20-13-21-23)22(2)19(24)12-25-18-6-4-3-5-7-18/h3-11,13-15H,12H2,1-2H3/t15-/m0/s1. The first-order valence-corrected chi connectivity index (χ1v) is 8.03. The Labute approximate surface area is 146 Å². The molecule has 0 spiro atoms. The molecular weight excluding hydrogens is 316 g/mol. The minimum atomic E-state index is -0.0725. The van der Waals surface area contributed by atoms with E-state index in [4.69, 9.17) is 4.74 Å². The summed E-state index contributed by atoms with van der Waals surface area (Å²) in [4.78, 5) is 18.0. The summed E-state index contributed by atoms with van der Waals surface area (Å²) in [5, 5.41) is 4.10. The van der Waals surface area contributed by atoms with Crippen LogP contribution in [0.5, 0.6) is 5.75 Å². The Balaban J connectivity index is 1.61. The third-order valence-electron chi connectivity index (χ3n) is 4.14. The van der Waals surface area contributed by atoms with Gasteiger partial charge in [0.15, 0.2) is 6.61 Å². The Morgan fingerprint density at radius 2 is 1.88 bits per heavy atom. The molecule has 25 heavy (non-hydrogen) atoms. The topological polar surface area (TPSA) is 60.2 Å². The first-order chi connectivity index (χ1) is 12.1. The van der Waals surface area contributed by atoms with Crippen LogP contribution in [0.3, 0.4) is 0 Å². The molecule has 0 fully saturated rings. The quantitative estimate of drug-likeness (QED) is 0.694. The van der Waals surface area contributed by atoms with Crippen molar-refractivity contribution in [3.63, 3.8) is 0 Å². The lowest BCUT2D eigenvalue weighted by Crippen LogP contribution is -2.33. The fraction of sp³-hybridized carbons (Fsp3) is 0.211. The van der Waals surface area contributed by atoms with Gasteiger partial charge in [0.2, 0.25) is 0 Å². The van der Waals surface area contributed by atoms with Crippen molar-refractivity contribution < 1.29 is 9.53 Å². The molecule has 0 aliphatic rings. The number of para-hydroxylation sites is 1. The molecule has 1 heterocycles. The van der Waals surface area contributed by atoms with Crippen LogP contribution in [0.25, 0.3) is 5.69 Å². The van der Waals surface area contributed by atoms with E-state index in [1.165, 1.54) is 6.33 Å². The SMILES string of the molecule is C[C@@H](c1ccc(-n2cncn2)cc1)N(C)C(=O)COc1ccccc1. The van der Waals surface area contributed by atoms with Gasteiger partial charge in [-0.2, -0.15) is 5.10 Å². The lowest BCUT2D eigenvalue weighted by Gasteiger charge is -2.25. The van der Waals surface area contributed by atoms with Crippen molar-refractivity contribution in [1.29, 1.82) is 0 Å². The Bertz CT molecular complexity index is 801. The number of nitrogens with zero attached hydrogens (tertiary/aromatic N) is 4. The Kier molecular flexibility index (Phi) is 5.09. The first-order valence-electron chi connectivity index (χ1n) is 8.03. The maximum Gasteiger partial charge on any atom is 0.260 e. The fourth-order valence-corrected chi connectivity index (χ4v) is 2.45. The van der Waals surface area contributed by atoms with Crippen molar-refractivity contribution >= 4 is 5.91 Å². The zero-order valence-electron chi connectivity index (χ0n) is 14.2. The maximum absolute atomic E-state index is 12.4. The van der Waals surface area contributed by atoms with Crippen molar-refractivity contribution in [2.24, 2.45) is 0 Å². The summed E-state index contributed by atoms with van der Waals surface area (Å²) >= 11 is 0. The molecule has 3 rings (SSSR count). The number of rotatable bonds is 6. The van der Waals surface area contributed by atoms with Gasteiger partial charge in [-0.15, -0.1) is 0 Å². The van der Waals surface area contributed by atoms with Gasteiger partial charge in [0.05, 0.1) is 11.7 Å². The largest absolute Gasteiger partial charge is 0.484 e. The normalized spacial score (nSPS) is 11.8. The van der Waals surface area contributed by atoms with Crippen molar-refractivity contribution in [1.82, 2.24) is 19.7 Å². The number of carbonyl (C=O) groups excluding carboxylic acids is 1. The van der Waals surface area contributed by atoms with Gasteiger partial charge in [-0.1, -0.05) is 30.3 Å². The van der Waals surface area contributed by atoms with Crippen molar-refractivity contribution in [2.75, 3.05) is 13.7 Å². The summed E-state index contributed by atoms with van der Waals surface area (Å²) in [6, 6.07) is 17.2. The van der Waals surface area contributed by atoms with E-state index >= 15 is 0 Å². The van der Waals surface area contributed by atoms with Crippen LogP contribution in [0.2, 0.25) is 0 Å². The van der Waals surface area contributed by atoms with Gasteiger partial charge in [0.25, 0.3) is 5.91 Å². The number of likely N-dealkylation sites (N-methyl/N-ethyl adjacent to an activating group) is 1. The molecule has 0 aliphatic heterocycles. The molecule has 0 bridgehead atoms. The summed E-state index contributed by atoms with van der Waals surface area (Å²) in [6.45, 7) is 2.01. The van der Waals surface area contributed by atoms with Crippen LogP contribution in [-0.2, 0) is 4.79 Å². The van der Waals surface area contributed by atoms with E-state index in [1.807, 2.05) is 61.5 Å². The highest BCUT2D eigenvalue weighted by Gasteiger charge is 2.18. The summed E-state index contributed by atoms with van der Waals surface area (Å²) in [5.74, 6) is 0.616. The molecule has 0 unspecified atom stereocenters. The number of hydrogen-bond acceptors (Lipinski definition) is 4. The third-order valence-corrected chi connectivity index (χ3v) is 4.14. The molecule has 0 aliphatic carbocycles. The summed E-state index contributed by atoms with van der Waals surface area (Å²) in [5.41, 5.74) is 1.97. The van der Waals surface area contributed by atoms with Crippen LogP contribution in [0.1, 0.15) is 18.5 Å². The van der Waals surface area contributed by atoms with Crippen molar-refractivity contribution in [3.8, 4) is 11.4 Å². The van der Waals surface area contributed by atoms with Crippen molar-refractivity contribution in [2.45, 2.75) is 13.0 Å². The van der Waals surface area contributed by atoms with Gasteiger partial charge in [-0.3, -0.25) is 4.79 Å². The Hall–Kier alpha value is -3.15. The van der Waals surface area contributed by atoms with E-state index in [0.29, 0.717) is 5.75 Å². The highest BCUT2D eigenvalue weighted by Crippen LogP contribution is 2.20. The third kappa shape index (κ3) is 4.03. The number of carbonyl (C=O) groups is 1. The van der Waals surface area contributed by atoms with Gasteiger partial charge >= 0.3 is 0 Å². The monoisotopic (exact) mass is 336 g/mol. The molecule has 1 amide bonds. The lowest BCUT2D eigenvalue weighted by atomic mass is 10.1. The molecule has 6 heteroatoms. The van der Waals surface area contributed by atoms with Crippen molar-refractivity contribution in [3.05, 3.63) is 72.8 Å². The number of ether oxygens (including phenoxy) is 1. The molecule has 1 aromatic heterocycles. The minimum absolute atomic E-state index is 0.0158.